The first-order valence-corrected chi connectivity index (χ1v) is 9.59. The van der Waals surface area contributed by atoms with Gasteiger partial charge in [0.05, 0.1) is 5.56 Å². The van der Waals surface area contributed by atoms with Crippen molar-refractivity contribution in [3.63, 3.8) is 0 Å². The Hall–Kier alpha value is -3.49. The molecule has 29 heavy (non-hydrogen) atoms. The fraction of sp³-hybridized carbons (Fsp3) is 0.350. The van der Waals surface area contributed by atoms with Crippen LogP contribution in [0.3, 0.4) is 0 Å². The number of aryl methyl sites for hydroxylation is 1. The van der Waals surface area contributed by atoms with E-state index in [-0.39, 0.29) is 6.03 Å². The highest BCUT2D eigenvalue weighted by Crippen LogP contribution is 2.32. The lowest BCUT2D eigenvalue weighted by atomic mass is 9.94. The molecule has 2 N–H and O–H groups in total. The molecule has 0 saturated heterocycles. The van der Waals surface area contributed by atoms with Crippen molar-refractivity contribution in [2.24, 2.45) is 0 Å². The van der Waals surface area contributed by atoms with Crippen LogP contribution in [0.4, 0.5) is 10.6 Å². The monoisotopic (exact) mass is 393 g/mol. The molecule has 9 nitrogen and oxygen atoms in total. The largest absolute Gasteiger partial charge is 0.372 e. The molecule has 0 aromatic carbocycles. The van der Waals surface area contributed by atoms with Crippen LogP contribution in [0.5, 0.6) is 0 Å². The second-order valence-electron chi connectivity index (χ2n) is 6.80. The smallest absolute Gasteiger partial charge is 0.317 e. The molecule has 1 aliphatic rings. The van der Waals surface area contributed by atoms with Gasteiger partial charge in [0.15, 0.2) is 0 Å². The Morgan fingerprint density at radius 1 is 1.34 bits per heavy atom. The highest BCUT2D eigenvalue weighted by Gasteiger charge is 2.26. The zero-order valence-corrected chi connectivity index (χ0v) is 16.7. The minimum atomic E-state index is -0.0571. The van der Waals surface area contributed by atoms with Crippen molar-refractivity contribution in [2.45, 2.75) is 26.8 Å². The van der Waals surface area contributed by atoms with Crippen molar-refractivity contribution in [1.82, 2.24) is 30.3 Å². The summed E-state index contributed by atoms with van der Waals surface area (Å²) in [6.45, 7) is 5.60. The lowest BCUT2D eigenvalue weighted by molar-refractivity contribution is 0.193. The average Bonchev–Trinajstić information content (AvgIpc) is 3.23. The Morgan fingerprint density at radius 3 is 3.00 bits per heavy atom. The van der Waals surface area contributed by atoms with Crippen LogP contribution in [-0.2, 0) is 13.0 Å². The van der Waals surface area contributed by atoms with Gasteiger partial charge < -0.3 is 20.1 Å². The molecule has 0 atom stereocenters. The minimum Gasteiger partial charge on any atom is -0.372 e. The molecular weight excluding hydrogens is 370 g/mol. The van der Waals surface area contributed by atoms with E-state index in [1.54, 1.807) is 18.1 Å². The molecule has 9 heteroatoms. The van der Waals surface area contributed by atoms with Gasteiger partial charge in [0.2, 0.25) is 5.82 Å². The summed E-state index contributed by atoms with van der Waals surface area (Å²) in [5, 5.41) is 10.1. The van der Waals surface area contributed by atoms with E-state index in [0.717, 1.165) is 27.9 Å². The number of pyridine rings is 2. The maximum absolute atomic E-state index is 12.2. The summed E-state index contributed by atoms with van der Waals surface area (Å²) in [7, 11) is 1.80. The molecule has 3 aromatic heterocycles. The van der Waals surface area contributed by atoms with E-state index in [2.05, 4.69) is 30.7 Å². The molecule has 2 amide bonds. The van der Waals surface area contributed by atoms with Crippen molar-refractivity contribution in [3.05, 3.63) is 41.3 Å². The topological polar surface area (TPSA) is 109 Å². The van der Waals surface area contributed by atoms with Crippen molar-refractivity contribution < 1.29 is 9.32 Å². The van der Waals surface area contributed by atoms with Gasteiger partial charge >= 0.3 is 6.03 Å². The maximum Gasteiger partial charge on any atom is 0.317 e. The molecule has 0 unspecified atom stereocenters. The van der Waals surface area contributed by atoms with Crippen LogP contribution >= 0.6 is 0 Å². The second kappa shape index (κ2) is 7.86. The Labute approximate surface area is 168 Å². The van der Waals surface area contributed by atoms with Crippen LogP contribution in [0.25, 0.3) is 22.8 Å². The number of nitrogens with zero attached hydrogens (tertiary/aromatic N) is 5. The number of anilines is 1. The van der Waals surface area contributed by atoms with Crippen LogP contribution in [0, 0.1) is 6.92 Å². The fourth-order valence-corrected chi connectivity index (χ4v) is 3.59. The number of nitrogens with one attached hydrogen (secondary N) is 2. The van der Waals surface area contributed by atoms with Gasteiger partial charge in [0.1, 0.15) is 5.82 Å². The maximum atomic E-state index is 12.2. The third kappa shape index (κ3) is 3.51. The van der Waals surface area contributed by atoms with E-state index in [0.29, 0.717) is 43.6 Å². The molecule has 0 radical (unpaired) electrons. The Kier molecular flexibility index (Phi) is 5.11. The predicted octanol–water partition coefficient (Wildman–Crippen LogP) is 2.63. The molecule has 0 aliphatic carbocycles. The van der Waals surface area contributed by atoms with Crippen LogP contribution < -0.4 is 10.6 Å². The highest BCUT2D eigenvalue weighted by atomic mass is 16.5. The van der Waals surface area contributed by atoms with Gasteiger partial charge in [-0.1, -0.05) is 5.16 Å². The number of amides is 2. The molecular formula is C20H23N7O2. The summed E-state index contributed by atoms with van der Waals surface area (Å²) < 4.78 is 5.54. The van der Waals surface area contributed by atoms with Crippen molar-refractivity contribution in [2.75, 3.05) is 25.5 Å². The van der Waals surface area contributed by atoms with Crippen LogP contribution in [0.15, 0.2) is 29.0 Å². The van der Waals surface area contributed by atoms with Crippen molar-refractivity contribution in [3.8, 4) is 22.8 Å². The SMILES string of the molecule is CCNC(=O)N1CCc2c(cnc(C)c2-c2noc(-c3cccnc3NC)n2)C1. The number of urea groups is 1. The van der Waals surface area contributed by atoms with Crippen LogP contribution in [0.2, 0.25) is 0 Å². The number of hydrogen-bond donors (Lipinski definition) is 2. The molecule has 4 rings (SSSR count). The van der Waals surface area contributed by atoms with Crippen molar-refractivity contribution >= 4 is 11.8 Å². The zero-order chi connectivity index (χ0) is 20.4. The lowest BCUT2D eigenvalue weighted by Crippen LogP contribution is -2.42. The summed E-state index contributed by atoms with van der Waals surface area (Å²) in [6, 6.07) is 3.65. The van der Waals surface area contributed by atoms with E-state index < -0.39 is 0 Å². The van der Waals surface area contributed by atoms with E-state index in [9.17, 15) is 4.79 Å². The Balaban J connectivity index is 1.70. The number of carbonyl (C=O) groups is 1. The number of carbonyl (C=O) groups excluding carboxylic acids is 1. The van der Waals surface area contributed by atoms with E-state index in [1.807, 2.05) is 32.2 Å². The molecule has 0 saturated carbocycles. The van der Waals surface area contributed by atoms with Gasteiger partial charge in [0, 0.05) is 50.3 Å². The molecule has 0 bridgehead atoms. The Morgan fingerprint density at radius 2 is 2.21 bits per heavy atom. The predicted molar refractivity (Wildman–Crippen MR) is 108 cm³/mol. The summed E-state index contributed by atoms with van der Waals surface area (Å²) >= 11 is 0. The molecule has 150 valence electrons. The van der Waals surface area contributed by atoms with Gasteiger partial charge in [-0.25, -0.2) is 9.78 Å². The van der Waals surface area contributed by atoms with E-state index in [1.165, 1.54) is 0 Å². The van der Waals surface area contributed by atoms with Crippen LogP contribution in [-0.4, -0.2) is 51.2 Å². The first-order valence-electron chi connectivity index (χ1n) is 9.59. The summed E-state index contributed by atoms with van der Waals surface area (Å²) in [4.78, 5) is 27.4. The lowest BCUT2D eigenvalue weighted by Gasteiger charge is -2.29. The van der Waals surface area contributed by atoms with Crippen molar-refractivity contribution in [1.29, 1.82) is 0 Å². The van der Waals surface area contributed by atoms with Gasteiger partial charge in [-0.15, -0.1) is 0 Å². The van der Waals surface area contributed by atoms with E-state index >= 15 is 0 Å². The van der Waals surface area contributed by atoms with Gasteiger partial charge in [-0.05, 0) is 43.5 Å². The first-order chi connectivity index (χ1) is 14.1. The van der Waals surface area contributed by atoms with Gasteiger partial charge in [0.25, 0.3) is 5.89 Å². The molecule has 0 fully saturated rings. The fourth-order valence-electron chi connectivity index (χ4n) is 3.59. The molecule has 0 spiro atoms. The summed E-state index contributed by atoms with van der Waals surface area (Å²) in [5.41, 5.74) is 4.58. The average molecular weight is 393 g/mol. The standard InChI is InChI=1S/C20H23N7O2/c1-4-22-20(28)27-9-7-14-13(11-27)10-24-12(2)16(14)18-25-19(29-26-18)15-6-5-8-23-17(15)21-3/h5-6,8,10H,4,7,9,11H2,1-3H3,(H,21,23)(H,22,28). The Bertz CT molecular complexity index is 1050. The number of rotatable bonds is 4. The second-order valence-corrected chi connectivity index (χ2v) is 6.80. The highest BCUT2D eigenvalue weighted by molar-refractivity contribution is 5.75. The minimum absolute atomic E-state index is 0.0571. The summed E-state index contributed by atoms with van der Waals surface area (Å²) in [5.74, 6) is 1.57. The third-order valence-electron chi connectivity index (χ3n) is 5.00. The van der Waals surface area contributed by atoms with Gasteiger partial charge in [-0.2, -0.15) is 4.98 Å². The zero-order valence-electron chi connectivity index (χ0n) is 16.7. The number of aromatic nitrogens is 4. The first kappa shape index (κ1) is 18.9. The number of fused-ring (bicyclic) bond motifs is 1. The number of hydrogen-bond acceptors (Lipinski definition) is 7. The van der Waals surface area contributed by atoms with E-state index in [4.69, 9.17) is 4.52 Å². The van der Waals surface area contributed by atoms with Crippen LogP contribution in [0.1, 0.15) is 23.7 Å². The van der Waals surface area contributed by atoms with Gasteiger partial charge in [-0.3, -0.25) is 4.98 Å². The molecule has 1 aliphatic heterocycles. The summed E-state index contributed by atoms with van der Waals surface area (Å²) in [6.07, 6.45) is 4.25. The third-order valence-corrected chi connectivity index (χ3v) is 5.00. The molecule has 4 heterocycles. The quantitative estimate of drug-likeness (QED) is 0.701. The molecule has 3 aromatic rings. The normalized spacial score (nSPS) is 13.1.